The largest absolute Gasteiger partial charge is 0.490 e. The van der Waals surface area contributed by atoms with Gasteiger partial charge < -0.3 is 36.5 Å². The number of carbonyl (C=O) groups excluding carboxylic acids is 2. The number of amides is 2. The first kappa shape index (κ1) is 23.6. The Kier molecular flexibility index (Phi) is 6.73. The number of aliphatic hydroxyl groups excluding tert-OH is 2. The average molecular weight is 487 g/mol. The van der Waals surface area contributed by atoms with Crippen molar-refractivity contribution in [2.24, 2.45) is 5.73 Å². The van der Waals surface area contributed by atoms with Crippen LogP contribution in [0.3, 0.4) is 0 Å². The molecule has 0 unspecified atom stereocenters. The van der Waals surface area contributed by atoms with Crippen molar-refractivity contribution in [2.75, 3.05) is 18.9 Å². The number of hydrogen-bond acceptors (Lipinski definition) is 8. The van der Waals surface area contributed by atoms with E-state index < -0.39 is 18.6 Å². The summed E-state index contributed by atoms with van der Waals surface area (Å²) in [6, 6.07) is 7.75. The van der Waals surface area contributed by atoms with Gasteiger partial charge in [-0.25, -0.2) is 0 Å². The quantitative estimate of drug-likeness (QED) is 0.286. The van der Waals surface area contributed by atoms with Crippen molar-refractivity contribution in [3.63, 3.8) is 0 Å². The van der Waals surface area contributed by atoms with Gasteiger partial charge in [0.15, 0.2) is 5.75 Å². The van der Waals surface area contributed by atoms with Crippen molar-refractivity contribution >= 4 is 40.0 Å². The summed E-state index contributed by atoms with van der Waals surface area (Å²) in [6.07, 6.45) is 2.25. The highest BCUT2D eigenvalue weighted by Gasteiger charge is 2.26. The molecule has 2 aromatic carbocycles. The molecule has 178 valence electrons. The predicted molar refractivity (Wildman–Crippen MR) is 125 cm³/mol. The van der Waals surface area contributed by atoms with Gasteiger partial charge in [0.05, 0.1) is 34.0 Å². The number of ether oxygens (including phenoxy) is 2. The molecule has 2 amide bonds. The van der Waals surface area contributed by atoms with Crippen LogP contribution in [-0.2, 0) is 0 Å². The molecule has 0 radical (unpaired) electrons. The zero-order valence-corrected chi connectivity index (χ0v) is 18.7. The Morgan fingerprint density at radius 3 is 2.62 bits per heavy atom. The SMILES string of the molecule is NC(=O)c1cc2c(Oc3ccc(C(=O)NC4CC4)c(Cl)c3N)ccnc2cc1OC[C@@H](O)CO. The van der Waals surface area contributed by atoms with Crippen LogP contribution in [0, 0.1) is 0 Å². The lowest BCUT2D eigenvalue weighted by atomic mass is 10.1. The van der Waals surface area contributed by atoms with Crippen molar-refractivity contribution < 1.29 is 29.3 Å². The van der Waals surface area contributed by atoms with Crippen LogP contribution in [-0.4, -0.2) is 52.4 Å². The predicted octanol–water partition coefficient (Wildman–Crippen LogP) is 1.99. The minimum atomic E-state index is -1.12. The first-order valence-corrected chi connectivity index (χ1v) is 10.9. The number of benzene rings is 2. The average Bonchev–Trinajstić information content (AvgIpc) is 3.63. The number of nitrogen functional groups attached to an aromatic ring is 1. The molecule has 1 aromatic heterocycles. The second kappa shape index (κ2) is 9.72. The third-order valence-corrected chi connectivity index (χ3v) is 5.63. The maximum atomic E-state index is 12.4. The van der Waals surface area contributed by atoms with Gasteiger partial charge in [-0.2, -0.15) is 0 Å². The van der Waals surface area contributed by atoms with E-state index in [4.69, 9.17) is 37.6 Å². The molecule has 7 N–H and O–H groups in total. The molecule has 10 nitrogen and oxygen atoms in total. The molecule has 1 aliphatic rings. The number of aromatic nitrogens is 1. The number of aliphatic hydroxyl groups is 2. The number of anilines is 1. The van der Waals surface area contributed by atoms with Crippen LogP contribution in [0.15, 0.2) is 36.5 Å². The molecule has 1 fully saturated rings. The normalized spacial score (nSPS) is 14.0. The Morgan fingerprint density at radius 2 is 1.94 bits per heavy atom. The maximum Gasteiger partial charge on any atom is 0.253 e. The smallest absolute Gasteiger partial charge is 0.253 e. The van der Waals surface area contributed by atoms with E-state index in [9.17, 15) is 14.7 Å². The third-order valence-electron chi connectivity index (χ3n) is 5.23. The summed E-state index contributed by atoms with van der Waals surface area (Å²) in [5, 5.41) is 21.9. The lowest BCUT2D eigenvalue weighted by molar-refractivity contribution is 0.0532. The van der Waals surface area contributed by atoms with Crippen molar-refractivity contribution in [3.8, 4) is 17.2 Å². The van der Waals surface area contributed by atoms with E-state index in [0.29, 0.717) is 16.7 Å². The highest BCUT2D eigenvalue weighted by molar-refractivity contribution is 6.36. The van der Waals surface area contributed by atoms with E-state index in [1.54, 1.807) is 6.07 Å². The minimum Gasteiger partial charge on any atom is -0.490 e. The lowest BCUT2D eigenvalue weighted by Gasteiger charge is -2.16. The van der Waals surface area contributed by atoms with E-state index in [0.717, 1.165) is 12.8 Å². The van der Waals surface area contributed by atoms with E-state index in [2.05, 4.69) is 10.3 Å². The van der Waals surface area contributed by atoms with Gasteiger partial charge in [0.1, 0.15) is 24.2 Å². The van der Waals surface area contributed by atoms with Crippen LogP contribution in [0.1, 0.15) is 33.6 Å². The highest BCUT2D eigenvalue weighted by atomic mass is 35.5. The number of nitrogens with two attached hydrogens (primary N) is 2. The topological polar surface area (TPSA) is 170 Å². The second-order valence-electron chi connectivity index (χ2n) is 7.87. The molecule has 0 spiro atoms. The summed E-state index contributed by atoms with van der Waals surface area (Å²) in [7, 11) is 0. The minimum absolute atomic E-state index is 0.0357. The Morgan fingerprint density at radius 1 is 1.18 bits per heavy atom. The maximum absolute atomic E-state index is 12.4. The summed E-state index contributed by atoms with van der Waals surface area (Å²) < 4.78 is 11.4. The fraction of sp³-hybridized carbons (Fsp3) is 0.261. The van der Waals surface area contributed by atoms with Crippen LogP contribution in [0.25, 0.3) is 10.9 Å². The monoisotopic (exact) mass is 486 g/mol. The molecule has 1 atom stereocenters. The van der Waals surface area contributed by atoms with E-state index in [1.807, 2.05) is 0 Å². The van der Waals surface area contributed by atoms with Gasteiger partial charge in [0.2, 0.25) is 0 Å². The number of nitrogens with one attached hydrogen (secondary N) is 1. The molecule has 34 heavy (non-hydrogen) atoms. The number of pyridine rings is 1. The molecule has 1 heterocycles. The van der Waals surface area contributed by atoms with Gasteiger partial charge in [-0.3, -0.25) is 14.6 Å². The number of hydrogen-bond donors (Lipinski definition) is 5. The number of carbonyl (C=O) groups is 2. The number of fused-ring (bicyclic) bond motifs is 1. The number of rotatable bonds is 9. The van der Waals surface area contributed by atoms with Gasteiger partial charge in [-0.05, 0) is 37.1 Å². The molecule has 1 saturated carbocycles. The number of halogens is 1. The Balaban J connectivity index is 1.67. The molecular weight excluding hydrogens is 464 g/mol. The van der Waals surface area contributed by atoms with Crippen molar-refractivity contribution in [3.05, 3.63) is 52.7 Å². The third kappa shape index (κ3) is 4.98. The van der Waals surface area contributed by atoms with Gasteiger partial charge in [0, 0.05) is 23.7 Å². The zero-order chi connectivity index (χ0) is 24.4. The first-order valence-electron chi connectivity index (χ1n) is 10.5. The van der Waals surface area contributed by atoms with Crippen molar-refractivity contribution in [2.45, 2.75) is 25.0 Å². The molecule has 0 saturated heterocycles. The molecule has 3 aromatic rings. The van der Waals surface area contributed by atoms with Crippen molar-refractivity contribution in [1.82, 2.24) is 10.3 Å². The van der Waals surface area contributed by atoms with Gasteiger partial charge >= 0.3 is 0 Å². The fourth-order valence-corrected chi connectivity index (χ4v) is 3.48. The molecule has 11 heteroatoms. The summed E-state index contributed by atoms with van der Waals surface area (Å²) in [5.41, 5.74) is 12.5. The van der Waals surface area contributed by atoms with Gasteiger partial charge in [-0.1, -0.05) is 11.6 Å². The van der Waals surface area contributed by atoms with Crippen LogP contribution >= 0.6 is 11.6 Å². The molecule has 0 aliphatic heterocycles. The zero-order valence-electron chi connectivity index (χ0n) is 18.0. The first-order chi connectivity index (χ1) is 16.3. The summed E-state index contributed by atoms with van der Waals surface area (Å²) in [5.74, 6) is -0.436. The van der Waals surface area contributed by atoms with E-state index >= 15 is 0 Å². The van der Waals surface area contributed by atoms with Crippen LogP contribution in [0.5, 0.6) is 17.2 Å². The summed E-state index contributed by atoms with van der Waals surface area (Å²) >= 11 is 6.35. The van der Waals surface area contributed by atoms with Crippen LogP contribution in [0.2, 0.25) is 5.02 Å². The summed E-state index contributed by atoms with van der Waals surface area (Å²) in [6.45, 7) is -0.741. The lowest BCUT2D eigenvalue weighted by Crippen LogP contribution is -2.25. The van der Waals surface area contributed by atoms with Crippen LogP contribution in [0.4, 0.5) is 5.69 Å². The van der Waals surface area contributed by atoms with E-state index in [-0.39, 0.29) is 51.9 Å². The molecule has 0 bridgehead atoms. The van der Waals surface area contributed by atoms with Gasteiger partial charge in [0.25, 0.3) is 11.8 Å². The standard InChI is InChI=1S/C23H23ClN4O6/c24-20-13(23(32)28-11-1-2-11)3-4-18(21(20)25)34-17-5-6-27-16-8-19(33-10-12(30)9-29)15(22(26)31)7-14(16)17/h3-8,11-12,29-30H,1-2,9-10,25H2,(H2,26,31)(H,28,32)/t12-/m0/s1. The van der Waals surface area contributed by atoms with Gasteiger partial charge in [-0.15, -0.1) is 0 Å². The Hall–Kier alpha value is -3.60. The number of nitrogens with zero attached hydrogens (tertiary/aromatic N) is 1. The Labute approximate surface area is 199 Å². The second-order valence-corrected chi connectivity index (χ2v) is 8.25. The Bertz CT molecular complexity index is 1260. The summed E-state index contributed by atoms with van der Waals surface area (Å²) in [4.78, 5) is 28.7. The molecular formula is C23H23ClN4O6. The van der Waals surface area contributed by atoms with Crippen LogP contribution < -0.4 is 26.3 Å². The molecule has 1 aliphatic carbocycles. The molecule has 4 rings (SSSR count). The highest BCUT2D eigenvalue weighted by Crippen LogP contribution is 2.38. The van der Waals surface area contributed by atoms with E-state index in [1.165, 1.54) is 30.5 Å². The van der Waals surface area contributed by atoms with Crippen molar-refractivity contribution in [1.29, 1.82) is 0 Å². The number of primary amides is 1. The fourth-order valence-electron chi connectivity index (χ4n) is 3.24.